The van der Waals surface area contributed by atoms with E-state index in [1.165, 1.54) is 36.1 Å². The number of imide groups is 1. The molecule has 2 fully saturated rings. The second-order valence-corrected chi connectivity index (χ2v) is 5.40. The maximum Gasteiger partial charge on any atom is 0.251 e. The van der Waals surface area contributed by atoms with Gasteiger partial charge in [0.1, 0.15) is 6.04 Å². The minimum absolute atomic E-state index is 0.133. The van der Waals surface area contributed by atoms with Crippen molar-refractivity contribution >= 4 is 28.3 Å². The number of carbonyl (C=O) groups is 2. The second kappa shape index (κ2) is 3.80. The summed E-state index contributed by atoms with van der Waals surface area (Å²) in [5.41, 5.74) is 1.11. The van der Waals surface area contributed by atoms with Crippen LogP contribution in [-0.2, 0) is 9.59 Å². The highest BCUT2D eigenvalue weighted by Gasteiger charge is 2.36. The molecule has 90 valence electrons. The van der Waals surface area contributed by atoms with E-state index < -0.39 is 6.04 Å². The van der Waals surface area contributed by atoms with Gasteiger partial charge in [0.05, 0.1) is 12.1 Å². The maximum absolute atomic E-state index is 11.7. The first-order chi connectivity index (χ1) is 8.15. The van der Waals surface area contributed by atoms with Crippen LogP contribution in [0.2, 0.25) is 0 Å². The Hall–Kier alpha value is -1.43. The maximum atomic E-state index is 11.7. The molecule has 2 heterocycles. The van der Waals surface area contributed by atoms with Crippen LogP contribution in [0.4, 0.5) is 5.13 Å². The van der Waals surface area contributed by atoms with E-state index in [9.17, 15) is 9.59 Å². The molecule has 0 spiro atoms. The first-order valence-electron chi connectivity index (χ1n) is 5.67. The zero-order chi connectivity index (χ0) is 12.0. The normalized spacial score (nSPS) is 24.5. The van der Waals surface area contributed by atoms with Crippen molar-refractivity contribution in [2.75, 3.05) is 12.4 Å². The van der Waals surface area contributed by atoms with Crippen LogP contribution in [0, 0.1) is 0 Å². The van der Waals surface area contributed by atoms with Gasteiger partial charge in [0, 0.05) is 18.3 Å². The van der Waals surface area contributed by atoms with Crippen LogP contribution in [0.1, 0.15) is 30.9 Å². The van der Waals surface area contributed by atoms with Crippen molar-refractivity contribution in [1.82, 2.24) is 9.88 Å². The van der Waals surface area contributed by atoms with Gasteiger partial charge in [-0.2, -0.15) is 0 Å². The third-order valence-electron chi connectivity index (χ3n) is 3.20. The van der Waals surface area contributed by atoms with Crippen molar-refractivity contribution < 1.29 is 9.59 Å². The van der Waals surface area contributed by atoms with Gasteiger partial charge < -0.3 is 5.32 Å². The van der Waals surface area contributed by atoms with E-state index in [4.69, 9.17) is 0 Å². The monoisotopic (exact) mass is 251 g/mol. The summed E-state index contributed by atoms with van der Waals surface area (Å²) in [6.45, 7) is 0. The summed E-state index contributed by atoms with van der Waals surface area (Å²) in [5.74, 6) is 0.315. The molecule has 1 N–H and O–H groups in total. The number of thiazole rings is 1. The zero-order valence-electron chi connectivity index (χ0n) is 9.47. The molecule has 17 heavy (non-hydrogen) atoms. The van der Waals surface area contributed by atoms with E-state index in [2.05, 4.69) is 10.3 Å². The fraction of sp³-hybridized carbons (Fsp3) is 0.545. The molecule has 0 radical (unpaired) electrons. The summed E-state index contributed by atoms with van der Waals surface area (Å²) in [4.78, 5) is 28.7. The molecule has 0 bridgehead atoms. The highest BCUT2D eigenvalue weighted by atomic mass is 32.1. The van der Waals surface area contributed by atoms with E-state index in [1.54, 1.807) is 0 Å². The molecule has 3 rings (SSSR count). The lowest BCUT2D eigenvalue weighted by Gasteiger charge is -2.09. The van der Waals surface area contributed by atoms with Crippen LogP contribution in [0.15, 0.2) is 5.38 Å². The highest BCUT2D eigenvalue weighted by molar-refractivity contribution is 7.13. The number of hydrogen-bond acceptors (Lipinski definition) is 5. The summed E-state index contributed by atoms with van der Waals surface area (Å²) in [6, 6.07) is -0.439. The predicted octanol–water partition coefficient (Wildman–Crippen LogP) is 1.19. The van der Waals surface area contributed by atoms with E-state index in [0.717, 1.165) is 10.8 Å². The lowest BCUT2D eigenvalue weighted by Crippen LogP contribution is -2.31. The zero-order valence-corrected chi connectivity index (χ0v) is 10.3. The molecule has 1 aliphatic carbocycles. The van der Waals surface area contributed by atoms with Gasteiger partial charge in [0.15, 0.2) is 5.13 Å². The Balaban J connectivity index is 1.70. The number of likely N-dealkylation sites (N-methyl/N-ethyl adjacent to an activating group) is 1. The third-order valence-corrected chi connectivity index (χ3v) is 3.99. The second-order valence-electron chi connectivity index (χ2n) is 4.54. The molecular weight excluding hydrogens is 238 g/mol. The highest BCUT2D eigenvalue weighted by Crippen LogP contribution is 2.41. The van der Waals surface area contributed by atoms with Gasteiger partial charge in [-0.3, -0.25) is 14.5 Å². The number of anilines is 1. The number of rotatable bonds is 3. The van der Waals surface area contributed by atoms with E-state index in [0.29, 0.717) is 5.92 Å². The van der Waals surface area contributed by atoms with Crippen molar-refractivity contribution in [3.05, 3.63) is 11.1 Å². The standard InChI is InChI=1S/C11H13N3O2S/c1-14-9(15)4-7(10(14)16)12-11-13-8(5-17-11)6-2-3-6/h5-7H,2-4H2,1H3,(H,12,13). The third kappa shape index (κ3) is 1.93. The largest absolute Gasteiger partial charge is 0.349 e. The smallest absolute Gasteiger partial charge is 0.251 e. The van der Waals surface area contributed by atoms with Gasteiger partial charge in [-0.1, -0.05) is 0 Å². The fourth-order valence-electron chi connectivity index (χ4n) is 1.94. The van der Waals surface area contributed by atoms with Gasteiger partial charge in [0.2, 0.25) is 5.91 Å². The van der Waals surface area contributed by atoms with Crippen molar-refractivity contribution in [1.29, 1.82) is 0 Å². The lowest BCUT2D eigenvalue weighted by molar-refractivity contribution is -0.136. The molecule has 6 heteroatoms. The van der Waals surface area contributed by atoms with Gasteiger partial charge in [-0.25, -0.2) is 4.98 Å². The molecule has 1 aromatic heterocycles. The Morgan fingerprint density at radius 2 is 2.24 bits per heavy atom. The molecule has 1 saturated carbocycles. The minimum Gasteiger partial charge on any atom is -0.349 e. The minimum atomic E-state index is -0.439. The molecule has 2 amide bonds. The van der Waals surface area contributed by atoms with Gasteiger partial charge in [-0.05, 0) is 12.8 Å². The first-order valence-corrected chi connectivity index (χ1v) is 6.55. The molecule has 2 aliphatic rings. The average Bonchev–Trinajstić information content (AvgIpc) is 3.02. The molecular formula is C11H13N3O2S. The number of hydrogen-bond donors (Lipinski definition) is 1. The molecule has 1 aromatic rings. The lowest BCUT2D eigenvalue weighted by atomic mass is 10.2. The molecule has 1 unspecified atom stereocenters. The topological polar surface area (TPSA) is 62.3 Å². The van der Waals surface area contributed by atoms with Gasteiger partial charge >= 0.3 is 0 Å². The van der Waals surface area contributed by atoms with E-state index in [1.807, 2.05) is 5.38 Å². The van der Waals surface area contributed by atoms with Crippen molar-refractivity contribution in [3.63, 3.8) is 0 Å². The van der Waals surface area contributed by atoms with Crippen molar-refractivity contribution in [2.45, 2.75) is 31.2 Å². The Morgan fingerprint density at radius 1 is 1.47 bits per heavy atom. The van der Waals surface area contributed by atoms with E-state index >= 15 is 0 Å². The summed E-state index contributed by atoms with van der Waals surface area (Å²) < 4.78 is 0. The Morgan fingerprint density at radius 3 is 2.82 bits per heavy atom. The molecule has 5 nitrogen and oxygen atoms in total. The number of aromatic nitrogens is 1. The number of nitrogens with one attached hydrogen (secondary N) is 1. The van der Waals surface area contributed by atoms with Gasteiger partial charge in [-0.15, -0.1) is 11.3 Å². The number of nitrogens with zero attached hydrogens (tertiary/aromatic N) is 2. The molecule has 0 aromatic carbocycles. The summed E-state index contributed by atoms with van der Waals surface area (Å²) in [5, 5.41) is 5.83. The van der Waals surface area contributed by atoms with Gasteiger partial charge in [0.25, 0.3) is 5.91 Å². The van der Waals surface area contributed by atoms with Crippen molar-refractivity contribution in [2.24, 2.45) is 0 Å². The van der Waals surface area contributed by atoms with Crippen LogP contribution < -0.4 is 5.32 Å². The molecule has 1 atom stereocenters. The first kappa shape index (κ1) is 10.7. The van der Waals surface area contributed by atoms with Crippen LogP contribution in [0.5, 0.6) is 0 Å². The van der Waals surface area contributed by atoms with Crippen LogP contribution in [-0.4, -0.2) is 34.8 Å². The Labute approximate surface area is 103 Å². The number of amides is 2. The van der Waals surface area contributed by atoms with E-state index in [-0.39, 0.29) is 18.2 Å². The van der Waals surface area contributed by atoms with Crippen LogP contribution in [0.25, 0.3) is 0 Å². The summed E-state index contributed by atoms with van der Waals surface area (Å²) >= 11 is 1.50. The SMILES string of the molecule is CN1C(=O)CC(Nc2nc(C3CC3)cs2)C1=O. The fourth-order valence-corrected chi connectivity index (χ4v) is 2.78. The quantitative estimate of drug-likeness (QED) is 0.820. The number of carbonyl (C=O) groups excluding carboxylic acids is 2. The summed E-state index contributed by atoms with van der Waals surface area (Å²) in [6.07, 6.45) is 2.66. The molecule has 1 aliphatic heterocycles. The van der Waals surface area contributed by atoms with Crippen molar-refractivity contribution in [3.8, 4) is 0 Å². The predicted molar refractivity (Wildman–Crippen MR) is 63.9 cm³/mol. The van der Waals surface area contributed by atoms with Crippen LogP contribution in [0.3, 0.4) is 0 Å². The number of likely N-dealkylation sites (tertiary alicyclic amines) is 1. The average molecular weight is 251 g/mol. The Kier molecular flexibility index (Phi) is 2.39. The Bertz CT molecular complexity index is 481. The summed E-state index contributed by atoms with van der Waals surface area (Å²) in [7, 11) is 1.52. The van der Waals surface area contributed by atoms with Crippen LogP contribution >= 0.6 is 11.3 Å². The molecule has 1 saturated heterocycles.